The van der Waals surface area contributed by atoms with E-state index in [1.165, 1.54) is 6.20 Å². The molecule has 0 bridgehead atoms. The minimum Gasteiger partial charge on any atom is -0.481 e. The van der Waals surface area contributed by atoms with Gasteiger partial charge in [0, 0.05) is 11.9 Å². The Balaban J connectivity index is 2.20. The van der Waals surface area contributed by atoms with E-state index in [9.17, 15) is 4.79 Å². The third-order valence-electron chi connectivity index (χ3n) is 3.13. The molecule has 0 radical (unpaired) electrons. The van der Waals surface area contributed by atoms with Gasteiger partial charge in [0.1, 0.15) is 17.7 Å². The number of carbonyl (C=O) groups is 1. The molecular formula is C18H13N3O2. The Hall–Kier alpha value is -3.57. The van der Waals surface area contributed by atoms with Gasteiger partial charge in [-0.05, 0) is 28.8 Å². The van der Waals surface area contributed by atoms with Crippen LogP contribution in [0.4, 0.5) is 5.69 Å². The van der Waals surface area contributed by atoms with Crippen molar-refractivity contribution in [2.24, 2.45) is 0 Å². The van der Waals surface area contributed by atoms with Crippen LogP contribution in [0.2, 0.25) is 0 Å². The van der Waals surface area contributed by atoms with Crippen molar-refractivity contribution < 1.29 is 9.90 Å². The Labute approximate surface area is 133 Å². The van der Waals surface area contributed by atoms with Crippen molar-refractivity contribution in [1.82, 2.24) is 0 Å². The van der Waals surface area contributed by atoms with Crippen molar-refractivity contribution in [3.63, 3.8) is 0 Å². The highest BCUT2D eigenvalue weighted by atomic mass is 16.4. The maximum atomic E-state index is 10.7. The Morgan fingerprint density at radius 1 is 1.09 bits per heavy atom. The minimum atomic E-state index is -0.860. The minimum absolute atomic E-state index is 0.00222. The standard InChI is InChI=1S/C18H13N3O2/c19-10-14(11-20)12-21-17-3-1-2-16(9-17)15-6-4-13(5-7-15)8-18(22)23/h1-7,9,12,21H,8H2,(H,22,23). The van der Waals surface area contributed by atoms with Crippen LogP contribution < -0.4 is 5.32 Å². The number of hydrogen-bond donors (Lipinski definition) is 2. The molecule has 0 aliphatic heterocycles. The molecule has 0 unspecified atom stereocenters. The maximum absolute atomic E-state index is 10.7. The Kier molecular flexibility index (Phi) is 5.12. The van der Waals surface area contributed by atoms with Crippen LogP contribution in [-0.2, 0) is 11.2 Å². The second kappa shape index (κ2) is 7.44. The normalized spacial score (nSPS) is 9.30. The molecule has 0 heterocycles. The van der Waals surface area contributed by atoms with Gasteiger partial charge in [-0.2, -0.15) is 10.5 Å². The summed E-state index contributed by atoms with van der Waals surface area (Å²) >= 11 is 0. The van der Waals surface area contributed by atoms with Crippen molar-refractivity contribution in [2.75, 3.05) is 5.32 Å². The highest BCUT2D eigenvalue weighted by molar-refractivity contribution is 5.72. The molecule has 0 aliphatic carbocycles. The lowest BCUT2D eigenvalue weighted by Crippen LogP contribution is -1.99. The third-order valence-corrected chi connectivity index (χ3v) is 3.13. The van der Waals surface area contributed by atoms with Crippen molar-refractivity contribution >= 4 is 11.7 Å². The lowest BCUT2D eigenvalue weighted by Gasteiger charge is -2.06. The first kappa shape index (κ1) is 15.8. The first-order valence-electron chi connectivity index (χ1n) is 6.80. The molecule has 0 fully saturated rings. The summed E-state index contributed by atoms with van der Waals surface area (Å²) in [4.78, 5) is 10.7. The van der Waals surface area contributed by atoms with Crippen molar-refractivity contribution in [3.05, 3.63) is 65.9 Å². The fraction of sp³-hybridized carbons (Fsp3) is 0.0556. The van der Waals surface area contributed by atoms with E-state index in [-0.39, 0.29) is 12.0 Å². The van der Waals surface area contributed by atoms with E-state index in [0.717, 1.165) is 22.4 Å². The first-order valence-corrected chi connectivity index (χ1v) is 6.80. The highest BCUT2D eigenvalue weighted by Gasteiger charge is 2.02. The molecule has 0 saturated carbocycles. The van der Waals surface area contributed by atoms with Gasteiger partial charge in [0.05, 0.1) is 6.42 Å². The first-order chi connectivity index (χ1) is 11.1. The number of hydrogen-bond acceptors (Lipinski definition) is 4. The molecule has 2 N–H and O–H groups in total. The molecule has 0 atom stereocenters. The number of nitrogens with one attached hydrogen (secondary N) is 1. The lowest BCUT2D eigenvalue weighted by molar-refractivity contribution is -0.136. The van der Waals surface area contributed by atoms with Crippen LogP contribution in [0.3, 0.4) is 0 Å². The van der Waals surface area contributed by atoms with E-state index in [0.29, 0.717) is 0 Å². The van der Waals surface area contributed by atoms with Gasteiger partial charge in [0.25, 0.3) is 0 Å². The summed E-state index contributed by atoms with van der Waals surface area (Å²) in [5.74, 6) is -0.860. The van der Waals surface area contributed by atoms with Crippen molar-refractivity contribution in [2.45, 2.75) is 6.42 Å². The van der Waals surface area contributed by atoms with E-state index >= 15 is 0 Å². The number of allylic oxidation sites excluding steroid dienone is 1. The monoisotopic (exact) mass is 303 g/mol. The number of aliphatic carboxylic acids is 1. The van der Waals surface area contributed by atoms with Gasteiger partial charge in [-0.15, -0.1) is 0 Å². The van der Waals surface area contributed by atoms with Crippen LogP contribution in [-0.4, -0.2) is 11.1 Å². The number of rotatable bonds is 5. The third kappa shape index (κ3) is 4.45. The Morgan fingerprint density at radius 3 is 2.39 bits per heavy atom. The summed E-state index contributed by atoms with van der Waals surface area (Å²) in [6.07, 6.45) is 1.35. The SMILES string of the molecule is N#CC(C#N)=CNc1cccc(-c2ccc(CC(=O)O)cc2)c1. The quantitative estimate of drug-likeness (QED) is 0.826. The van der Waals surface area contributed by atoms with Crippen LogP contribution >= 0.6 is 0 Å². The molecule has 5 heteroatoms. The summed E-state index contributed by atoms with van der Waals surface area (Å²) in [7, 11) is 0. The van der Waals surface area contributed by atoms with Crippen LogP contribution in [0.25, 0.3) is 11.1 Å². The average molecular weight is 303 g/mol. The second-order valence-corrected chi connectivity index (χ2v) is 4.77. The van der Waals surface area contributed by atoms with Crippen LogP contribution in [0.5, 0.6) is 0 Å². The molecule has 0 saturated heterocycles. The molecule has 2 aromatic carbocycles. The van der Waals surface area contributed by atoms with E-state index in [2.05, 4.69) is 5.32 Å². The summed E-state index contributed by atoms with van der Waals surface area (Å²) in [6.45, 7) is 0. The molecular weight excluding hydrogens is 290 g/mol. The molecule has 5 nitrogen and oxygen atoms in total. The van der Waals surface area contributed by atoms with Gasteiger partial charge in [-0.3, -0.25) is 4.79 Å². The van der Waals surface area contributed by atoms with Gasteiger partial charge in [0.15, 0.2) is 0 Å². The van der Waals surface area contributed by atoms with Gasteiger partial charge >= 0.3 is 5.97 Å². The molecule has 2 rings (SSSR count). The number of carboxylic acid groups (broad SMARTS) is 1. The Bertz CT molecular complexity index is 809. The van der Waals surface area contributed by atoms with Crippen molar-refractivity contribution in [1.29, 1.82) is 10.5 Å². The van der Waals surface area contributed by atoms with Crippen LogP contribution in [0.1, 0.15) is 5.56 Å². The summed E-state index contributed by atoms with van der Waals surface area (Å²) < 4.78 is 0. The van der Waals surface area contributed by atoms with Crippen molar-refractivity contribution in [3.8, 4) is 23.3 Å². The number of anilines is 1. The van der Waals surface area contributed by atoms with Gasteiger partial charge in [-0.1, -0.05) is 36.4 Å². The molecule has 23 heavy (non-hydrogen) atoms. The summed E-state index contributed by atoms with van der Waals surface area (Å²) in [5, 5.41) is 29.1. The second-order valence-electron chi connectivity index (χ2n) is 4.77. The summed E-state index contributed by atoms with van der Waals surface area (Å²) in [6, 6.07) is 18.3. The molecule has 0 amide bonds. The Morgan fingerprint density at radius 2 is 1.78 bits per heavy atom. The number of benzene rings is 2. The number of nitrogens with zero attached hydrogens (tertiary/aromatic N) is 2. The van der Waals surface area contributed by atoms with E-state index in [4.69, 9.17) is 15.6 Å². The van der Waals surface area contributed by atoms with Crippen LogP contribution in [0.15, 0.2) is 60.3 Å². The zero-order valence-electron chi connectivity index (χ0n) is 12.2. The maximum Gasteiger partial charge on any atom is 0.307 e. The van der Waals surface area contributed by atoms with E-state index in [1.807, 2.05) is 36.4 Å². The predicted molar refractivity (Wildman–Crippen MR) is 86.1 cm³/mol. The molecule has 0 aromatic heterocycles. The van der Waals surface area contributed by atoms with Crippen LogP contribution in [0, 0.1) is 22.7 Å². The zero-order chi connectivity index (χ0) is 16.7. The number of carboxylic acids is 1. The molecule has 112 valence electrons. The smallest absolute Gasteiger partial charge is 0.307 e. The zero-order valence-corrected chi connectivity index (χ0v) is 12.2. The predicted octanol–water partition coefficient (Wildman–Crippen LogP) is 3.32. The lowest BCUT2D eigenvalue weighted by atomic mass is 10.0. The fourth-order valence-corrected chi connectivity index (χ4v) is 2.02. The molecule has 0 spiro atoms. The topological polar surface area (TPSA) is 96.9 Å². The molecule has 0 aliphatic rings. The van der Waals surface area contributed by atoms with Gasteiger partial charge < -0.3 is 10.4 Å². The fourth-order valence-electron chi connectivity index (χ4n) is 2.02. The highest BCUT2D eigenvalue weighted by Crippen LogP contribution is 2.23. The molecule has 2 aromatic rings. The van der Waals surface area contributed by atoms with E-state index in [1.54, 1.807) is 24.3 Å². The average Bonchev–Trinajstić information content (AvgIpc) is 2.56. The largest absolute Gasteiger partial charge is 0.481 e. The van der Waals surface area contributed by atoms with Gasteiger partial charge in [-0.25, -0.2) is 0 Å². The number of nitriles is 2. The summed E-state index contributed by atoms with van der Waals surface area (Å²) in [5.41, 5.74) is 3.38. The van der Waals surface area contributed by atoms with E-state index < -0.39 is 5.97 Å². The van der Waals surface area contributed by atoms with Gasteiger partial charge in [0.2, 0.25) is 0 Å².